The minimum absolute atomic E-state index is 0.0368. The van der Waals surface area contributed by atoms with Crippen molar-refractivity contribution in [3.05, 3.63) is 101 Å². The van der Waals surface area contributed by atoms with Gasteiger partial charge in [0.05, 0.1) is 11.7 Å². The van der Waals surface area contributed by atoms with Crippen LogP contribution in [0.5, 0.6) is 0 Å². The number of fused-ring (bicyclic) bond motifs is 2. The van der Waals surface area contributed by atoms with E-state index in [1.54, 1.807) is 55.5 Å². The smallest absolute Gasteiger partial charge is 0.405 e. The second kappa shape index (κ2) is 16.3. The summed E-state index contributed by atoms with van der Waals surface area (Å²) < 4.78 is 5.46. The minimum Gasteiger partial charge on any atom is -0.441 e. The van der Waals surface area contributed by atoms with E-state index in [0.717, 1.165) is 5.57 Å². The van der Waals surface area contributed by atoms with Gasteiger partial charge in [-0.15, -0.1) is 6.58 Å². The van der Waals surface area contributed by atoms with E-state index in [0.29, 0.717) is 48.0 Å². The molecule has 1 aromatic carbocycles. The number of ether oxygens (including phenoxy) is 1. The molecule has 8 heteroatoms. The van der Waals surface area contributed by atoms with Crippen LogP contribution in [0, 0.1) is 23.7 Å². The van der Waals surface area contributed by atoms with E-state index in [2.05, 4.69) is 11.9 Å². The Morgan fingerprint density at radius 2 is 1.74 bits per heavy atom. The third-order valence-corrected chi connectivity index (χ3v) is 8.78. The molecule has 3 rings (SSSR count). The van der Waals surface area contributed by atoms with Gasteiger partial charge in [-0.1, -0.05) is 88.4 Å². The molecule has 0 saturated carbocycles. The van der Waals surface area contributed by atoms with E-state index in [1.807, 2.05) is 46.8 Å². The first-order valence-electron chi connectivity index (χ1n) is 16.0. The summed E-state index contributed by atoms with van der Waals surface area (Å²) in [6.07, 6.45) is 8.13. The fourth-order valence-electron chi connectivity index (χ4n) is 6.37. The lowest BCUT2D eigenvalue weighted by atomic mass is 9.77. The number of benzene rings is 1. The number of rotatable bonds is 5. The zero-order valence-corrected chi connectivity index (χ0v) is 27.8. The van der Waals surface area contributed by atoms with Crippen molar-refractivity contribution in [1.82, 2.24) is 5.32 Å². The van der Waals surface area contributed by atoms with Gasteiger partial charge in [0.15, 0.2) is 5.78 Å². The SMILES string of the molecule is C=CCCC1=C2C[C@@H](C)C[C@H](C)[C@H](O)[C@@H](C)/C=C(\C)[C@H](OC(N)=O)[C@@H](C)/C=C\C=C(/C)C(=O)NC(=C(c3ccccc3)C1=O)C2=O. The Bertz CT molecular complexity index is 1500. The number of amides is 2. The summed E-state index contributed by atoms with van der Waals surface area (Å²) >= 11 is 0. The van der Waals surface area contributed by atoms with E-state index in [4.69, 9.17) is 10.5 Å². The zero-order chi connectivity index (χ0) is 34.1. The molecule has 0 spiro atoms. The molecule has 4 N–H and O–H groups in total. The van der Waals surface area contributed by atoms with Gasteiger partial charge in [0.1, 0.15) is 11.8 Å². The quantitative estimate of drug-likeness (QED) is 0.250. The predicted octanol–water partition coefficient (Wildman–Crippen LogP) is 6.54. The summed E-state index contributed by atoms with van der Waals surface area (Å²) in [6.45, 7) is 15.0. The van der Waals surface area contributed by atoms with Gasteiger partial charge in [-0.05, 0) is 62.5 Å². The number of primary amides is 1. The Hall–Kier alpha value is -4.30. The summed E-state index contributed by atoms with van der Waals surface area (Å²) in [6, 6.07) is 8.90. The standard InChI is InChI=1S/C38H48N2O6/c1-8-9-18-29-30-20-22(2)19-25(5)33(41)26(6)21-27(7)36(46-38(39)45)23(3)14-13-15-24(4)37(44)40-32(35(30)43)31(34(29)42)28-16-11-10-12-17-28/h8,10-17,21-23,25-26,33,36,41H,1,9,18-20H2,2-7H3,(H2,39,45)(H,40,44)/b14-13-,24-15+,27-21+/t22-,23-,25-,26-,33-,36+/m0/s1. The Morgan fingerprint density at radius 1 is 1.07 bits per heavy atom. The highest BCUT2D eigenvalue weighted by atomic mass is 16.6. The van der Waals surface area contributed by atoms with Crippen molar-refractivity contribution in [3.8, 4) is 0 Å². The van der Waals surface area contributed by atoms with E-state index in [-0.39, 0.29) is 46.5 Å². The number of ketones is 2. The molecular formula is C38H48N2O6. The number of nitrogens with two attached hydrogens (primary N) is 1. The fraction of sp³-hybridized carbons (Fsp3) is 0.421. The molecule has 2 amide bonds. The van der Waals surface area contributed by atoms with E-state index < -0.39 is 24.2 Å². The Balaban J connectivity index is 2.19. The number of carbonyl (C=O) groups is 4. The number of hydrogen-bond donors (Lipinski definition) is 3. The molecule has 0 fully saturated rings. The maximum Gasteiger partial charge on any atom is 0.405 e. The summed E-state index contributed by atoms with van der Waals surface area (Å²) in [4.78, 5) is 53.8. The lowest BCUT2D eigenvalue weighted by molar-refractivity contribution is -0.120. The molecule has 1 aliphatic carbocycles. The number of aliphatic hydroxyl groups is 1. The molecule has 2 bridgehead atoms. The third kappa shape index (κ3) is 8.91. The molecule has 46 heavy (non-hydrogen) atoms. The molecule has 0 saturated heterocycles. The van der Waals surface area contributed by atoms with Crippen LogP contribution in [0.25, 0.3) is 5.57 Å². The zero-order valence-electron chi connectivity index (χ0n) is 27.8. The van der Waals surface area contributed by atoms with Gasteiger partial charge in [-0.3, -0.25) is 14.4 Å². The van der Waals surface area contributed by atoms with Crippen molar-refractivity contribution in [2.24, 2.45) is 29.4 Å². The maximum atomic E-state index is 14.3. The number of carbonyl (C=O) groups excluding carboxylic acids is 4. The molecular weight excluding hydrogens is 580 g/mol. The van der Waals surface area contributed by atoms with Gasteiger partial charge >= 0.3 is 6.09 Å². The Morgan fingerprint density at radius 3 is 2.37 bits per heavy atom. The maximum absolute atomic E-state index is 14.3. The molecule has 6 atom stereocenters. The normalized spacial score (nSPS) is 30.1. The first-order chi connectivity index (χ1) is 21.8. The number of allylic oxidation sites excluding steroid dienone is 6. The number of nitrogens with one attached hydrogen (secondary N) is 1. The Kier molecular flexibility index (Phi) is 12.8. The van der Waals surface area contributed by atoms with Crippen LogP contribution in [-0.4, -0.2) is 40.9 Å². The third-order valence-electron chi connectivity index (χ3n) is 8.78. The van der Waals surface area contributed by atoms with E-state index in [1.165, 1.54) is 0 Å². The van der Waals surface area contributed by atoms with Gasteiger partial charge in [0.25, 0.3) is 5.91 Å². The average molecular weight is 629 g/mol. The van der Waals surface area contributed by atoms with E-state index in [9.17, 15) is 24.3 Å². The highest BCUT2D eigenvalue weighted by molar-refractivity contribution is 6.39. The number of Topliss-reactive ketones (excluding diaryl/α,β-unsaturated/α-hetero) is 2. The van der Waals surface area contributed by atoms with Gasteiger partial charge < -0.3 is 20.9 Å². The van der Waals surface area contributed by atoms with Crippen LogP contribution in [0.1, 0.15) is 72.8 Å². The average Bonchev–Trinajstić information content (AvgIpc) is 3.01. The highest BCUT2D eigenvalue weighted by Crippen LogP contribution is 2.37. The molecule has 8 nitrogen and oxygen atoms in total. The molecule has 1 aromatic rings. The molecule has 0 radical (unpaired) electrons. The lowest BCUT2D eigenvalue weighted by Gasteiger charge is -2.29. The van der Waals surface area contributed by atoms with Crippen molar-refractivity contribution in [3.63, 3.8) is 0 Å². The minimum atomic E-state index is -0.910. The molecule has 1 aliphatic heterocycles. The topological polar surface area (TPSA) is 136 Å². The van der Waals surface area contributed by atoms with Crippen molar-refractivity contribution in [1.29, 1.82) is 0 Å². The van der Waals surface area contributed by atoms with Gasteiger partial charge in [0, 0.05) is 28.6 Å². The second-order valence-electron chi connectivity index (χ2n) is 12.7. The number of hydrogen-bond acceptors (Lipinski definition) is 6. The lowest BCUT2D eigenvalue weighted by Crippen LogP contribution is -2.35. The van der Waals surface area contributed by atoms with E-state index >= 15 is 0 Å². The van der Waals surface area contributed by atoms with Crippen molar-refractivity contribution in [2.75, 3.05) is 0 Å². The summed E-state index contributed by atoms with van der Waals surface area (Å²) in [5.41, 5.74) is 7.95. The summed E-state index contributed by atoms with van der Waals surface area (Å²) in [7, 11) is 0. The number of aliphatic hydroxyl groups excluding tert-OH is 1. The summed E-state index contributed by atoms with van der Waals surface area (Å²) in [5, 5.41) is 14.1. The predicted molar refractivity (Wildman–Crippen MR) is 181 cm³/mol. The molecule has 1 heterocycles. The Labute approximate surface area is 272 Å². The molecule has 246 valence electrons. The first-order valence-corrected chi connectivity index (χ1v) is 16.0. The molecule has 2 aliphatic rings. The first kappa shape index (κ1) is 36.2. The van der Waals surface area contributed by atoms with Gasteiger partial charge in [0.2, 0.25) is 5.78 Å². The highest BCUT2D eigenvalue weighted by Gasteiger charge is 2.37. The van der Waals surface area contributed by atoms with Gasteiger partial charge in [-0.2, -0.15) is 0 Å². The fourth-order valence-corrected chi connectivity index (χ4v) is 6.37. The van der Waals surface area contributed by atoms with Crippen molar-refractivity contribution >= 4 is 29.1 Å². The van der Waals surface area contributed by atoms with Crippen LogP contribution in [0.4, 0.5) is 4.79 Å². The molecule has 0 aromatic heterocycles. The monoisotopic (exact) mass is 628 g/mol. The van der Waals surface area contributed by atoms with Gasteiger partial charge in [-0.25, -0.2) is 4.79 Å². The van der Waals surface area contributed by atoms with Crippen LogP contribution >= 0.6 is 0 Å². The van der Waals surface area contributed by atoms with Crippen LogP contribution < -0.4 is 11.1 Å². The van der Waals surface area contributed by atoms with Crippen LogP contribution in [0.2, 0.25) is 0 Å². The van der Waals surface area contributed by atoms with Crippen LogP contribution in [0.3, 0.4) is 0 Å². The summed E-state index contributed by atoms with van der Waals surface area (Å²) in [5.74, 6) is -1.99. The largest absolute Gasteiger partial charge is 0.441 e. The van der Waals surface area contributed by atoms with Crippen LogP contribution in [0.15, 0.2) is 95.3 Å². The van der Waals surface area contributed by atoms with Crippen molar-refractivity contribution in [2.45, 2.75) is 79.4 Å². The second-order valence-corrected chi connectivity index (χ2v) is 12.7. The molecule has 0 unspecified atom stereocenters. The van der Waals surface area contributed by atoms with Crippen LogP contribution in [-0.2, 0) is 19.1 Å². The van der Waals surface area contributed by atoms with Crippen molar-refractivity contribution < 1.29 is 29.0 Å².